The average molecular weight is 242 g/mol. The van der Waals surface area contributed by atoms with E-state index in [-0.39, 0.29) is 12.0 Å². The second-order valence-corrected chi connectivity index (χ2v) is 4.02. The van der Waals surface area contributed by atoms with Crippen LogP contribution in [0.25, 0.3) is 0 Å². The van der Waals surface area contributed by atoms with Crippen LogP contribution in [0, 0.1) is 0 Å². The number of nitrogens with one attached hydrogen (secondary N) is 1. The summed E-state index contributed by atoms with van der Waals surface area (Å²) in [6, 6.07) is 5.09. The van der Waals surface area contributed by atoms with Gasteiger partial charge in [-0.2, -0.15) is 0 Å². The van der Waals surface area contributed by atoms with Crippen LogP contribution < -0.4 is 10.1 Å². The molecule has 1 atom stereocenters. The van der Waals surface area contributed by atoms with Crippen molar-refractivity contribution < 1.29 is 14.3 Å². The monoisotopic (exact) mass is 241 g/mol. The van der Waals surface area contributed by atoms with Crippen LogP contribution in [0.4, 0.5) is 5.69 Å². The molecule has 0 spiro atoms. The van der Waals surface area contributed by atoms with E-state index in [2.05, 4.69) is 5.32 Å². The van der Waals surface area contributed by atoms with Crippen LogP contribution in [-0.2, 0) is 9.53 Å². The summed E-state index contributed by atoms with van der Waals surface area (Å²) in [7, 11) is 0. The highest BCUT2D eigenvalue weighted by molar-refractivity contribution is 6.30. The van der Waals surface area contributed by atoms with Gasteiger partial charge in [0.1, 0.15) is 18.5 Å². The van der Waals surface area contributed by atoms with E-state index in [9.17, 15) is 4.79 Å². The third-order valence-corrected chi connectivity index (χ3v) is 2.32. The van der Waals surface area contributed by atoms with Crippen LogP contribution in [-0.4, -0.2) is 25.2 Å². The maximum atomic E-state index is 11.0. The Bertz CT molecular complexity index is 404. The van der Waals surface area contributed by atoms with Gasteiger partial charge in [0, 0.05) is 18.0 Å². The van der Waals surface area contributed by atoms with Gasteiger partial charge in [-0.3, -0.25) is 4.79 Å². The van der Waals surface area contributed by atoms with Crippen LogP contribution in [0.5, 0.6) is 5.75 Å². The molecule has 2 rings (SSSR count). The minimum absolute atomic E-state index is 0.144. The highest BCUT2D eigenvalue weighted by atomic mass is 35.5. The quantitative estimate of drug-likeness (QED) is 0.821. The van der Waals surface area contributed by atoms with Crippen molar-refractivity contribution in [3.05, 3.63) is 23.2 Å². The van der Waals surface area contributed by atoms with E-state index < -0.39 is 0 Å². The Kier molecular flexibility index (Phi) is 3.31. The van der Waals surface area contributed by atoms with Gasteiger partial charge >= 0.3 is 0 Å². The number of ether oxygens (including phenoxy) is 2. The van der Waals surface area contributed by atoms with Crippen LogP contribution in [0.2, 0.25) is 5.02 Å². The van der Waals surface area contributed by atoms with E-state index >= 15 is 0 Å². The van der Waals surface area contributed by atoms with Gasteiger partial charge in [0.25, 0.3) is 0 Å². The molecule has 1 amide bonds. The first kappa shape index (κ1) is 11.2. The molecule has 1 aliphatic heterocycles. The lowest BCUT2D eigenvalue weighted by Crippen LogP contribution is -2.10. The summed E-state index contributed by atoms with van der Waals surface area (Å²) in [5.74, 6) is 0.424. The molecule has 16 heavy (non-hydrogen) atoms. The standard InChI is InChI=1S/C11H12ClNO3/c1-7(14)13-10-3-2-8(12)4-11(10)16-6-9-5-15-9/h2-4,9H,5-6H2,1H3,(H,13,14). The molecular formula is C11H12ClNO3. The predicted molar refractivity (Wildman–Crippen MR) is 61.0 cm³/mol. The highest BCUT2D eigenvalue weighted by Gasteiger charge is 2.23. The fourth-order valence-corrected chi connectivity index (χ4v) is 1.42. The second-order valence-electron chi connectivity index (χ2n) is 3.59. The van der Waals surface area contributed by atoms with Crippen molar-refractivity contribution in [3.63, 3.8) is 0 Å². The number of carbonyl (C=O) groups excluding carboxylic acids is 1. The highest BCUT2D eigenvalue weighted by Crippen LogP contribution is 2.29. The van der Waals surface area contributed by atoms with Crippen molar-refractivity contribution in [2.24, 2.45) is 0 Å². The van der Waals surface area contributed by atoms with Gasteiger partial charge < -0.3 is 14.8 Å². The Labute approximate surface area is 98.5 Å². The normalized spacial score (nSPS) is 18.0. The molecule has 0 aliphatic carbocycles. The molecule has 1 heterocycles. The second kappa shape index (κ2) is 4.72. The lowest BCUT2D eigenvalue weighted by atomic mass is 10.3. The third-order valence-electron chi connectivity index (χ3n) is 2.08. The largest absolute Gasteiger partial charge is 0.489 e. The summed E-state index contributed by atoms with van der Waals surface area (Å²) in [5, 5.41) is 3.25. The number of hydrogen-bond donors (Lipinski definition) is 1. The maximum Gasteiger partial charge on any atom is 0.221 e. The molecule has 1 aromatic rings. The molecular weight excluding hydrogens is 230 g/mol. The zero-order valence-electron chi connectivity index (χ0n) is 8.83. The minimum atomic E-state index is -0.144. The summed E-state index contributed by atoms with van der Waals surface area (Å²) in [6.45, 7) is 2.66. The summed E-state index contributed by atoms with van der Waals surface area (Å²) in [5.41, 5.74) is 0.623. The number of amides is 1. The summed E-state index contributed by atoms with van der Waals surface area (Å²) >= 11 is 5.86. The van der Waals surface area contributed by atoms with Gasteiger partial charge in [0.2, 0.25) is 5.91 Å². The van der Waals surface area contributed by atoms with Gasteiger partial charge in [-0.15, -0.1) is 0 Å². The van der Waals surface area contributed by atoms with E-state index in [1.165, 1.54) is 6.92 Å². The zero-order chi connectivity index (χ0) is 11.5. The molecule has 0 saturated carbocycles. The first-order chi connectivity index (χ1) is 7.65. The molecule has 0 radical (unpaired) electrons. The molecule has 0 aromatic heterocycles. The van der Waals surface area contributed by atoms with Crippen molar-refractivity contribution in [1.82, 2.24) is 0 Å². The van der Waals surface area contributed by atoms with Crippen molar-refractivity contribution in [3.8, 4) is 5.75 Å². The molecule has 5 heteroatoms. The molecule has 1 aromatic carbocycles. The number of hydrogen-bond acceptors (Lipinski definition) is 3. The molecule has 86 valence electrons. The van der Waals surface area contributed by atoms with Crippen molar-refractivity contribution in [1.29, 1.82) is 0 Å². The maximum absolute atomic E-state index is 11.0. The molecule has 4 nitrogen and oxygen atoms in total. The van der Waals surface area contributed by atoms with E-state index in [0.29, 0.717) is 23.1 Å². The molecule has 1 saturated heterocycles. The van der Waals surface area contributed by atoms with Crippen LogP contribution >= 0.6 is 11.6 Å². The summed E-state index contributed by atoms with van der Waals surface area (Å²) in [6.07, 6.45) is 0.171. The summed E-state index contributed by atoms with van der Waals surface area (Å²) in [4.78, 5) is 11.0. The third kappa shape index (κ3) is 3.12. The number of rotatable bonds is 4. The molecule has 1 aliphatic rings. The fraction of sp³-hybridized carbons (Fsp3) is 0.364. The van der Waals surface area contributed by atoms with Crippen LogP contribution in [0.3, 0.4) is 0 Å². The predicted octanol–water partition coefficient (Wildman–Crippen LogP) is 2.08. The summed E-state index contributed by atoms with van der Waals surface area (Å²) < 4.78 is 10.6. The van der Waals surface area contributed by atoms with Gasteiger partial charge in [-0.25, -0.2) is 0 Å². The minimum Gasteiger partial charge on any atom is -0.489 e. The fourth-order valence-electron chi connectivity index (χ4n) is 1.26. The molecule has 0 bridgehead atoms. The van der Waals surface area contributed by atoms with Gasteiger partial charge in [-0.05, 0) is 12.1 Å². The topological polar surface area (TPSA) is 50.9 Å². The Hall–Kier alpha value is -1.26. The van der Waals surface area contributed by atoms with Gasteiger partial charge in [-0.1, -0.05) is 11.6 Å². The van der Waals surface area contributed by atoms with E-state index in [4.69, 9.17) is 21.1 Å². The molecule has 1 fully saturated rings. The van der Waals surface area contributed by atoms with E-state index in [1.54, 1.807) is 18.2 Å². The molecule has 1 N–H and O–H groups in total. The van der Waals surface area contributed by atoms with E-state index in [1.807, 2.05) is 0 Å². The number of benzene rings is 1. The number of carbonyl (C=O) groups is 1. The number of anilines is 1. The first-order valence-electron chi connectivity index (χ1n) is 4.96. The number of halogens is 1. The first-order valence-corrected chi connectivity index (χ1v) is 5.34. The lowest BCUT2D eigenvalue weighted by molar-refractivity contribution is -0.114. The average Bonchev–Trinajstić information content (AvgIpc) is 3.01. The van der Waals surface area contributed by atoms with Crippen molar-refractivity contribution >= 4 is 23.2 Å². The lowest BCUT2D eigenvalue weighted by Gasteiger charge is -2.11. The molecule has 1 unspecified atom stereocenters. The Morgan fingerprint density at radius 3 is 3.06 bits per heavy atom. The Balaban J connectivity index is 2.10. The van der Waals surface area contributed by atoms with Crippen molar-refractivity contribution in [2.75, 3.05) is 18.5 Å². The van der Waals surface area contributed by atoms with Gasteiger partial charge in [0.15, 0.2) is 0 Å². The Morgan fingerprint density at radius 2 is 2.44 bits per heavy atom. The Morgan fingerprint density at radius 1 is 1.69 bits per heavy atom. The zero-order valence-corrected chi connectivity index (χ0v) is 9.58. The van der Waals surface area contributed by atoms with E-state index in [0.717, 1.165) is 6.61 Å². The number of epoxide rings is 1. The SMILES string of the molecule is CC(=O)Nc1ccc(Cl)cc1OCC1CO1. The van der Waals surface area contributed by atoms with Gasteiger partial charge in [0.05, 0.1) is 12.3 Å². The smallest absolute Gasteiger partial charge is 0.221 e. The van der Waals surface area contributed by atoms with Crippen molar-refractivity contribution in [2.45, 2.75) is 13.0 Å². The van der Waals surface area contributed by atoms with Crippen LogP contribution in [0.15, 0.2) is 18.2 Å². The van der Waals surface area contributed by atoms with Crippen LogP contribution in [0.1, 0.15) is 6.92 Å².